The van der Waals surface area contributed by atoms with Crippen molar-refractivity contribution in [3.05, 3.63) is 35.6 Å². The number of rotatable bonds is 18. The van der Waals surface area contributed by atoms with Crippen LogP contribution in [0.1, 0.15) is 114 Å². The molecule has 1 saturated carbocycles. The minimum atomic E-state index is -1.02. The first-order valence-corrected chi connectivity index (χ1v) is 21.0. The molecule has 0 spiro atoms. The Morgan fingerprint density at radius 2 is 1.62 bits per heavy atom. The van der Waals surface area contributed by atoms with E-state index in [4.69, 9.17) is 14.6 Å². The summed E-state index contributed by atoms with van der Waals surface area (Å²) in [5.74, 6) is -1.58. The highest BCUT2D eigenvalue weighted by atomic mass is 19.1. The van der Waals surface area contributed by atoms with Crippen molar-refractivity contribution < 1.29 is 42.9 Å². The van der Waals surface area contributed by atoms with E-state index < -0.39 is 41.4 Å². The largest absolute Gasteiger partial charge is 0.458 e. The summed E-state index contributed by atoms with van der Waals surface area (Å²) in [5, 5.41) is 17.3. The van der Waals surface area contributed by atoms with E-state index in [1.807, 2.05) is 18.7 Å². The molecule has 2 aliphatic rings. The smallest absolute Gasteiger partial charge is 0.329 e. The molecule has 9 atom stereocenters. The number of likely N-dealkylation sites (N-methyl/N-ethyl adjacent to an activating group) is 2. The highest BCUT2D eigenvalue weighted by molar-refractivity contribution is 5.88. The topological polar surface area (TPSA) is 167 Å². The third-order valence-electron chi connectivity index (χ3n) is 10.6. The van der Waals surface area contributed by atoms with Crippen molar-refractivity contribution in [2.75, 3.05) is 34.4 Å². The molecule has 13 nitrogen and oxygen atoms in total. The Balaban J connectivity index is 0.000000569. The molecule has 1 aliphatic heterocycles. The first-order chi connectivity index (χ1) is 27.1. The van der Waals surface area contributed by atoms with Crippen molar-refractivity contribution in [3.8, 4) is 0 Å². The fourth-order valence-electron chi connectivity index (χ4n) is 7.17. The van der Waals surface area contributed by atoms with Crippen LogP contribution in [0.15, 0.2) is 24.3 Å². The standard InChI is InChI=1S/C24H44N4O4.C17H24FNO4.C3H8/c1-9-15(4)23(27(7)21(30)13-26-24(31)22(25-6)14(2)3)19(32-8)12-20(29)28-16(5)10-17-11-18(17)28;1-11(10-20)15(21)19-14(16(22)23-17(2,3)4)9-12-7-5-6-8-13(12)18;1-3-2/h14-19,22-23,25H,9-13H2,1-8H3,(H,26,31);5-8,11,14,20H,9-10H2,1-4H3,(H,19,21);3H2,1-2H3. The van der Waals surface area contributed by atoms with Crippen LogP contribution in [0.5, 0.6) is 0 Å². The highest BCUT2D eigenvalue weighted by Crippen LogP contribution is 2.48. The lowest BCUT2D eigenvalue weighted by molar-refractivity contribution is -0.159. The minimum absolute atomic E-state index is 0.0223. The Kier molecular flexibility index (Phi) is 22.7. The first-order valence-electron chi connectivity index (χ1n) is 21.0. The summed E-state index contributed by atoms with van der Waals surface area (Å²) in [6, 6.07) is 5.10. The molecule has 58 heavy (non-hydrogen) atoms. The number of benzene rings is 1. The van der Waals surface area contributed by atoms with Gasteiger partial charge in [0.2, 0.25) is 23.6 Å². The molecule has 9 unspecified atom stereocenters. The number of methoxy groups -OCH3 is 1. The van der Waals surface area contributed by atoms with E-state index >= 15 is 0 Å². The normalized spacial score (nSPS) is 20.0. The van der Waals surface area contributed by atoms with Crippen LogP contribution in [0, 0.1) is 29.5 Å². The van der Waals surface area contributed by atoms with Gasteiger partial charge in [-0.25, -0.2) is 9.18 Å². The Hall–Kier alpha value is -3.62. The Bertz CT molecular complexity index is 1450. The van der Waals surface area contributed by atoms with Crippen LogP contribution >= 0.6 is 0 Å². The molecule has 1 aromatic carbocycles. The maximum absolute atomic E-state index is 13.8. The number of piperidine rings is 1. The number of hydrogen-bond donors (Lipinski definition) is 4. The number of aliphatic hydroxyl groups is 1. The van der Waals surface area contributed by atoms with Gasteiger partial charge in [-0.3, -0.25) is 19.2 Å². The van der Waals surface area contributed by atoms with E-state index in [1.165, 1.54) is 19.4 Å². The van der Waals surface area contributed by atoms with Crippen molar-refractivity contribution in [1.82, 2.24) is 25.8 Å². The van der Waals surface area contributed by atoms with E-state index in [2.05, 4.69) is 50.6 Å². The number of carbonyl (C=O) groups excluding carboxylic acids is 5. The maximum Gasteiger partial charge on any atom is 0.329 e. The summed E-state index contributed by atoms with van der Waals surface area (Å²) in [5.41, 5.74) is -0.418. The molecular formula is C44H76FN5O8. The summed E-state index contributed by atoms with van der Waals surface area (Å²) < 4.78 is 24.9. The predicted molar refractivity (Wildman–Crippen MR) is 225 cm³/mol. The molecule has 0 bridgehead atoms. The second kappa shape index (κ2) is 25.1. The van der Waals surface area contributed by atoms with Crippen molar-refractivity contribution in [2.45, 2.75) is 157 Å². The summed E-state index contributed by atoms with van der Waals surface area (Å²) >= 11 is 0. The van der Waals surface area contributed by atoms with Crippen LogP contribution in [0.25, 0.3) is 0 Å². The zero-order valence-corrected chi connectivity index (χ0v) is 37.8. The molecule has 1 aliphatic carbocycles. The molecule has 4 amide bonds. The molecule has 2 fully saturated rings. The Morgan fingerprint density at radius 3 is 2.09 bits per heavy atom. The van der Waals surface area contributed by atoms with Gasteiger partial charge < -0.3 is 40.3 Å². The Labute approximate surface area is 347 Å². The number of likely N-dealkylation sites (tertiary alicyclic amines) is 1. The second-order valence-corrected chi connectivity index (χ2v) is 17.2. The van der Waals surface area contributed by atoms with Gasteiger partial charge in [-0.1, -0.05) is 79.5 Å². The molecular weight excluding hydrogens is 746 g/mol. The van der Waals surface area contributed by atoms with Crippen LogP contribution in [-0.2, 0) is 39.9 Å². The van der Waals surface area contributed by atoms with Crippen LogP contribution in [0.3, 0.4) is 0 Å². The minimum Gasteiger partial charge on any atom is -0.458 e. The lowest BCUT2D eigenvalue weighted by atomic mass is 9.90. The zero-order chi connectivity index (χ0) is 44.5. The van der Waals surface area contributed by atoms with Crippen molar-refractivity contribution in [1.29, 1.82) is 0 Å². The van der Waals surface area contributed by atoms with E-state index in [0.29, 0.717) is 17.5 Å². The number of nitrogens with zero attached hydrogens (tertiary/aromatic N) is 2. The molecule has 1 aromatic rings. The van der Waals surface area contributed by atoms with Crippen LogP contribution in [-0.4, -0.2) is 121 Å². The second-order valence-electron chi connectivity index (χ2n) is 17.2. The molecule has 332 valence electrons. The third-order valence-corrected chi connectivity index (χ3v) is 10.6. The quantitative estimate of drug-likeness (QED) is 0.151. The molecule has 1 heterocycles. The number of ether oxygens (including phenoxy) is 2. The number of esters is 1. The molecule has 1 saturated heterocycles. The van der Waals surface area contributed by atoms with Gasteiger partial charge in [-0.15, -0.1) is 0 Å². The number of aliphatic hydroxyl groups excluding tert-OH is 1. The highest BCUT2D eigenvalue weighted by Gasteiger charge is 2.52. The number of nitrogens with one attached hydrogen (secondary N) is 3. The van der Waals surface area contributed by atoms with Gasteiger partial charge in [0.15, 0.2) is 0 Å². The lowest BCUT2D eigenvalue weighted by Gasteiger charge is -2.38. The molecule has 0 radical (unpaired) electrons. The fraction of sp³-hybridized carbons (Fsp3) is 0.750. The third kappa shape index (κ3) is 16.6. The predicted octanol–water partition coefficient (Wildman–Crippen LogP) is 4.87. The number of carbonyl (C=O) groups is 5. The van der Waals surface area contributed by atoms with Gasteiger partial charge in [0.1, 0.15) is 17.5 Å². The summed E-state index contributed by atoms with van der Waals surface area (Å²) in [7, 11) is 5.10. The van der Waals surface area contributed by atoms with Gasteiger partial charge in [0.05, 0.1) is 43.7 Å². The van der Waals surface area contributed by atoms with E-state index in [0.717, 1.165) is 19.3 Å². The SMILES string of the molecule is CC(CO)C(=O)NC(Cc1ccccc1F)C(=O)OC(C)(C)C.CCC.CCC(C)C(C(CC(=O)N1C(C)CC2CC21)OC)N(C)C(=O)CNC(=O)C(NC)C(C)C. The van der Waals surface area contributed by atoms with Gasteiger partial charge in [0.25, 0.3) is 0 Å². The van der Waals surface area contributed by atoms with Crippen molar-refractivity contribution >= 4 is 29.6 Å². The fourth-order valence-corrected chi connectivity index (χ4v) is 7.17. The number of hydrogen-bond acceptors (Lipinski definition) is 9. The molecule has 3 rings (SSSR count). The van der Waals surface area contributed by atoms with Crippen LogP contribution < -0.4 is 16.0 Å². The first kappa shape index (κ1) is 52.4. The van der Waals surface area contributed by atoms with Crippen molar-refractivity contribution in [2.24, 2.45) is 23.7 Å². The van der Waals surface area contributed by atoms with E-state index in [1.54, 1.807) is 65.1 Å². The number of amides is 4. The Morgan fingerprint density at radius 1 is 1.02 bits per heavy atom. The number of fused-ring (bicyclic) bond motifs is 1. The maximum atomic E-state index is 13.8. The van der Waals surface area contributed by atoms with E-state index in [-0.39, 0.29) is 73.7 Å². The average Bonchev–Trinajstić information content (AvgIpc) is 3.82. The lowest BCUT2D eigenvalue weighted by Crippen LogP contribution is -2.54. The van der Waals surface area contributed by atoms with E-state index in [9.17, 15) is 28.4 Å². The van der Waals surface area contributed by atoms with Crippen LogP contribution in [0.2, 0.25) is 0 Å². The molecule has 0 aromatic heterocycles. The molecule has 14 heteroatoms. The zero-order valence-electron chi connectivity index (χ0n) is 37.8. The monoisotopic (exact) mass is 822 g/mol. The number of halogens is 1. The van der Waals surface area contributed by atoms with Gasteiger partial charge in [-0.05, 0) is 77.0 Å². The summed E-state index contributed by atoms with van der Waals surface area (Å²) in [6.07, 6.45) is 4.15. The van der Waals surface area contributed by atoms with Crippen molar-refractivity contribution in [3.63, 3.8) is 0 Å². The van der Waals surface area contributed by atoms with Gasteiger partial charge in [-0.2, -0.15) is 0 Å². The van der Waals surface area contributed by atoms with Gasteiger partial charge in [0, 0.05) is 32.7 Å². The average molecular weight is 822 g/mol. The molecule has 4 N–H and O–H groups in total. The van der Waals surface area contributed by atoms with Gasteiger partial charge >= 0.3 is 5.97 Å². The summed E-state index contributed by atoms with van der Waals surface area (Å²) in [4.78, 5) is 66.5. The van der Waals surface area contributed by atoms with Crippen LogP contribution in [0.4, 0.5) is 4.39 Å². The summed E-state index contributed by atoms with van der Waals surface area (Å²) in [6.45, 7) is 20.7.